The highest BCUT2D eigenvalue weighted by Crippen LogP contribution is 2.06. The molecule has 1 amide bonds. The van der Waals surface area contributed by atoms with E-state index in [1.54, 1.807) is 7.11 Å². The number of rotatable bonds is 6. The first kappa shape index (κ1) is 12.2. The number of nitrogens with one attached hydrogen (secondary N) is 1. The van der Waals surface area contributed by atoms with Gasteiger partial charge in [0, 0.05) is 14.6 Å². The lowest BCUT2D eigenvalue weighted by molar-refractivity contribution is -0.117. The number of carbonyl (C=O) groups excluding carboxylic acids is 1. The molecule has 0 saturated heterocycles. The minimum atomic E-state index is -0.116. The number of methoxy groups -OCH3 is 1. The average molecular weight is 187 g/mol. The summed E-state index contributed by atoms with van der Waals surface area (Å²) in [5.74, 6) is 0.216. The Hall–Kier alpha value is -0.830. The van der Waals surface area contributed by atoms with Gasteiger partial charge in [-0.25, -0.2) is 0 Å². The van der Waals surface area contributed by atoms with Gasteiger partial charge < -0.3 is 10.1 Å². The van der Waals surface area contributed by atoms with Crippen LogP contribution in [0.15, 0.2) is 12.7 Å². The molecule has 0 aliphatic carbocycles. The Morgan fingerprint density at radius 1 is 1.77 bits per heavy atom. The number of amides is 1. The largest absolute Gasteiger partial charge is 0.384 e. The Labute approximate surface area is 81.6 Å². The Kier molecular flexibility index (Phi) is 6.24. The zero-order chi connectivity index (χ0) is 10.3. The van der Waals surface area contributed by atoms with E-state index in [-0.39, 0.29) is 13.4 Å². The summed E-state index contributed by atoms with van der Waals surface area (Å²) in [6, 6.07) is 0.172. The van der Waals surface area contributed by atoms with Gasteiger partial charge in [0.15, 0.2) is 0 Å². The summed E-state index contributed by atoms with van der Waals surface area (Å²) in [5.41, 5.74) is 0. The van der Waals surface area contributed by atoms with Crippen LogP contribution >= 0.6 is 0 Å². The Bertz CT molecular complexity index is 174. The molecular formula is C10H21NO2. The summed E-state index contributed by atoms with van der Waals surface area (Å²) in [6.07, 6.45) is 2.20. The van der Waals surface area contributed by atoms with Gasteiger partial charge in [0.05, 0.1) is 6.61 Å². The van der Waals surface area contributed by atoms with Crippen molar-refractivity contribution >= 4 is 5.91 Å². The average Bonchev–Trinajstić information content (AvgIpc) is 2.14. The lowest BCUT2D eigenvalue weighted by Crippen LogP contribution is -2.39. The first-order valence-corrected chi connectivity index (χ1v) is 4.57. The Morgan fingerprint density at radius 3 is 2.77 bits per heavy atom. The molecule has 3 heteroatoms. The highest BCUT2D eigenvalue weighted by molar-refractivity contribution is 5.87. The van der Waals surface area contributed by atoms with Crippen molar-refractivity contribution in [3.8, 4) is 0 Å². The summed E-state index contributed by atoms with van der Waals surface area (Å²) in [5, 5.41) is 2.86. The second kappa shape index (κ2) is 6.66. The molecule has 0 saturated carbocycles. The first-order chi connectivity index (χ1) is 6.15. The number of ether oxygens (including phenoxy) is 1. The van der Waals surface area contributed by atoms with Crippen molar-refractivity contribution in [2.45, 2.75) is 26.3 Å². The maximum Gasteiger partial charge on any atom is 0.243 e. The van der Waals surface area contributed by atoms with Crippen LogP contribution in [0, 0.1) is 5.92 Å². The van der Waals surface area contributed by atoms with Crippen molar-refractivity contribution in [3.05, 3.63) is 12.7 Å². The van der Waals surface area contributed by atoms with E-state index in [0.29, 0.717) is 12.5 Å². The third-order valence-corrected chi connectivity index (χ3v) is 2.07. The molecule has 0 unspecified atom stereocenters. The molecule has 0 rings (SSSR count). The lowest BCUT2D eigenvalue weighted by atomic mass is 10.0. The normalized spacial score (nSPS) is 14.7. The van der Waals surface area contributed by atoms with Crippen molar-refractivity contribution in [2.24, 2.45) is 5.92 Å². The topological polar surface area (TPSA) is 38.3 Å². The highest BCUT2D eigenvalue weighted by atomic mass is 16.5. The van der Waals surface area contributed by atoms with Crippen LogP contribution in [0.3, 0.4) is 0 Å². The molecule has 0 spiro atoms. The van der Waals surface area contributed by atoms with Gasteiger partial charge in [-0.3, -0.25) is 4.79 Å². The summed E-state index contributed by atoms with van der Waals surface area (Å²) < 4.78 is 5.02. The number of hydrogen-bond donors (Lipinski definition) is 1. The molecule has 0 aromatic rings. The molecule has 78 valence electrons. The quantitative estimate of drug-likeness (QED) is 0.641. The van der Waals surface area contributed by atoms with Gasteiger partial charge >= 0.3 is 0 Å². The number of hydrogen-bond acceptors (Lipinski definition) is 2. The van der Waals surface area contributed by atoms with Crippen molar-refractivity contribution in [1.82, 2.24) is 5.32 Å². The summed E-state index contributed by atoms with van der Waals surface area (Å²) >= 11 is 0. The molecule has 0 heterocycles. The van der Waals surface area contributed by atoms with Gasteiger partial charge in [-0.2, -0.15) is 0 Å². The molecule has 0 fully saturated rings. The molecule has 0 aromatic heterocycles. The molecular weight excluding hydrogens is 166 g/mol. The predicted octanol–water partition coefficient (Wildman–Crippen LogP) is 1.60. The SMILES string of the molecule is C=CC(=O)N[C@@H](CC)[C@H](C)COC.[HH]. The van der Waals surface area contributed by atoms with Gasteiger partial charge in [-0.15, -0.1) is 0 Å². The molecule has 0 radical (unpaired) electrons. The monoisotopic (exact) mass is 187 g/mol. The van der Waals surface area contributed by atoms with Gasteiger partial charge in [0.1, 0.15) is 0 Å². The summed E-state index contributed by atoms with van der Waals surface area (Å²) in [4.78, 5) is 11.0. The van der Waals surface area contributed by atoms with E-state index in [1.807, 2.05) is 6.92 Å². The van der Waals surface area contributed by atoms with Crippen molar-refractivity contribution < 1.29 is 11.0 Å². The second-order valence-corrected chi connectivity index (χ2v) is 3.16. The minimum absolute atomic E-state index is 0. The molecule has 0 aliphatic heterocycles. The van der Waals surface area contributed by atoms with Crippen molar-refractivity contribution in [3.63, 3.8) is 0 Å². The van der Waals surface area contributed by atoms with Crippen LogP contribution < -0.4 is 5.32 Å². The van der Waals surface area contributed by atoms with E-state index in [1.165, 1.54) is 6.08 Å². The predicted molar refractivity (Wildman–Crippen MR) is 55.6 cm³/mol. The zero-order valence-electron chi connectivity index (χ0n) is 8.67. The van der Waals surface area contributed by atoms with Crippen LogP contribution in [-0.4, -0.2) is 25.7 Å². The number of carbonyl (C=O) groups is 1. The van der Waals surface area contributed by atoms with Crippen LogP contribution in [0.4, 0.5) is 0 Å². The standard InChI is InChI=1S/C10H19NO2.H2/c1-5-9(8(3)7-13-4)11-10(12)6-2;/h6,8-9H,2,5,7H2,1,3-4H3,(H,11,12);1H/t8-,9+;/m1./s1. The summed E-state index contributed by atoms with van der Waals surface area (Å²) in [6.45, 7) is 8.17. The third kappa shape index (κ3) is 4.68. The molecule has 3 nitrogen and oxygen atoms in total. The third-order valence-electron chi connectivity index (χ3n) is 2.07. The molecule has 0 aliphatic rings. The van der Waals surface area contributed by atoms with Crippen LogP contribution in [0.25, 0.3) is 0 Å². The van der Waals surface area contributed by atoms with Crippen LogP contribution in [-0.2, 0) is 9.53 Å². The Balaban J connectivity index is 0. The van der Waals surface area contributed by atoms with Crippen molar-refractivity contribution in [2.75, 3.05) is 13.7 Å². The smallest absolute Gasteiger partial charge is 0.243 e. The van der Waals surface area contributed by atoms with Crippen molar-refractivity contribution in [1.29, 1.82) is 0 Å². The van der Waals surface area contributed by atoms with Crippen LogP contribution in [0.2, 0.25) is 0 Å². The maximum atomic E-state index is 11.0. The van der Waals surface area contributed by atoms with Crippen LogP contribution in [0.5, 0.6) is 0 Å². The van der Waals surface area contributed by atoms with Gasteiger partial charge in [0.2, 0.25) is 5.91 Å². The van der Waals surface area contributed by atoms with E-state index in [4.69, 9.17) is 4.74 Å². The molecule has 0 bridgehead atoms. The van der Waals surface area contributed by atoms with E-state index in [9.17, 15) is 4.79 Å². The molecule has 0 aromatic carbocycles. The first-order valence-electron chi connectivity index (χ1n) is 4.57. The minimum Gasteiger partial charge on any atom is -0.384 e. The van der Waals surface area contributed by atoms with E-state index >= 15 is 0 Å². The zero-order valence-corrected chi connectivity index (χ0v) is 8.67. The molecule has 13 heavy (non-hydrogen) atoms. The Morgan fingerprint density at radius 2 is 2.38 bits per heavy atom. The van der Waals surface area contributed by atoms with Gasteiger partial charge in [0.25, 0.3) is 0 Å². The maximum absolute atomic E-state index is 11.0. The van der Waals surface area contributed by atoms with E-state index < -0.39 is 0 Å². The molecule has 1 N–H and O–H groups in total. The highest BCUT2D eigenvalue weighted by Gasteiger charge is 2.15. The summed E-state index contributed by atoms with van der Waals surface area (Å²) in [7, 11) is 1.67. The van der Waals surface area contributed by atoms with E-state index in [0.717, 1.165) is 6.42 Å². The van der Waals surface area contributed by atoms with Gasteiger partial charge in [-0.1, -0.05) is 20.4 Å². The van der Waals surface area contributed by atoms with E-state index in [2.05, 4.69) is 18.8 Å². The fourth-order valence-corrected chi connectivity index (χ4v) is 1.27. The van der Waals surface area contributed by atoms with Crippen LogP contribution in [0.1, 0.15) is 21.7 Å². The molecule has 2 atom stereocenters. The lowest BCUT2D eigenvalue weighted by Gasteiger charge is -2.22. The second-order valence-electron chi connectivity index (χ2n) is 3.16. The van der Waals surface area contributed by atoms with Gasteiger partial charge in [-0.05, 0) is 18.4 Å². The fraction of sp³-hybridized carbons (Fsp3) is 0.700. The fourth-order valence-electron chi connectivity index (χ4n) is 1.27.